The van der Waals surface area contributed by atoms with E-state index in [0.717, 1.165) is 22.1 Å². The van der Waals surface area contributed by atoms with Crippen molar-refractivity contribution in [1.29, 1.82) is 0 Å². The highest BCUT2D eigenvalue weighted by Crippen LogP contribution is 2.32. The number of aromatic nitrogens is 1. The number of rotatable bonds is 3. The Bertz CT molecular complexity index is 604. The van der Waals surface area contributed by atoms with Crippen LogP contribution in [-0.4, -0.2) is 10.3 Å². The highest BCUT2D eigenvalue weighted by Gasteiger charge is 2.16. The van der Waals surface area contributed by atoms with Crippen LogP contribution < -0.4 is 0 Å². The van der Waals surface area contributed by atoms with Gasteiger partial charge in [-0.15, -0.1) is 12.3 Å². The Morgan fingerprint density at radius 1 is 1.65 bits per heavy atom. The van der Waals surface area contributed by atoms with Crippen molar-refractivity contribution in [2.45, 2.75) is 19.4 Å². The summed E-state index contributed by atoms with van der Waals surface area (Å²) in [6, 6.07) is 3.59. The van der Waals surface area contributed by atoms with Crippen LogP contribution in [-0.2, 0) is 0 Å². The summed E-state index contributed by atoms with van der Waals surface area (Å²) in [5, 5.41) is 14.6. The van der Waals surface area contributed by atoms with Gasteiger partial charge in [0.05, 0.1) is 12.3 Å². The fraction of sp³-hybridized carbons (Fsp3) is 0.214. The van der Waals surface area contributed by atoms with E-state index in [9.17, 15) is 5.11 Å². The number of terminal acetylenes is 1. The van der Waals surface area contributed by atoms with E-state index in [2.05, 4.69) is 17.7 Å². The summed E-state index contributed by atoms with van der Waals surface area (Å²) in [6.07, 6.45) is 6.44. The van der Waals surface area contributed by atoms with Crippen LogP contribution in [0.3, 0.4) is 0 Å². The van der Waals surface area contributed by atoms with Crippen LogP contribution in [0.5, 0.6) is 0 Å². The molecule has 0 saturated heterocycles. The molecule has 1 aromatic heterocycles. The lowest BCUT2D eigenvalue weighted by Gasteiger charge is -2.14. The van der Waals surface area contributed by atoms with Crippen LogP contribution in [0.4, 0.5) is 0 Å². The van der Waals surface area contributed by atoms with Gasteiger partial charge in [0.25, 0.3) is 0 Å². The van der Waals surface area contributed by atoms with E-state index in [1.54, 1.807) is 18.3 Å². The van der Waals surface area contributed by atoms with Crippen molar-refractivity contribution < 1.29 is 9.63 Å². The van der Waals surface area contributed by atoms with Gasteiger partial charge >= 0.3 is 0 Å². The Kier molecular flexibility index (Phi) is 2.99. The van der Waals surface area contributed by atoms with E-state index in [4.69, 9.17) is 10.9 Å². The van der Waals surface area contributed by atoms with Crippen LogP contribution in [0, 0.1) is 12.3 Å². The lowest BCUT2D eigenvalue weighted by molar-refractivity contribution is 0.184. The van der Waals surface area contributed by atoms with Crippen molar-refractivity contribution >= 4 is 16.5 Å². The van der Waals surface area contributed by atoms with Gasteiger partial charge in [-0.1, -0.05) is 17.8 Å². The van der Waals surface area contributed by atoms with Crippen LogP contribution >= 0.6 is 0 Å². The van der Waals surface area contributed by atoms with Crippen molar-refractivity contribution in [1.82, 2.24) is 5.16 Å². The zero-order valence-corrected chi connectivity index (χ0v) is 9.60. The predicted octanol–water partition coefficient (Wildman–Crippen LogP) is 2.92. The van der Waals surface area contributed by atoms with E-state index in [-0.39, 0.29) is 6.42 Å². The fourth-order valence-corrected chi connectivity index (χ4v) is 1.94. The molecule has 0 bridgehead atoms. The maximum Gasteiger partial charge on any atom is 0.167 e. The maximum atomic E-state index is 10.0. The van der Waals surface area contributed by atoms with Crippen LogP contribution in [0.15, 0.2) is 29.4 Å². The van der Waals surface area contributed by atoms with Crippen molar-refractivity contribution in [3.63, 3.8) is 0 Å². The van der Waals surface area contributed by atoms with E-state index in [1.165, 1.54) is 0 Å². The number of fused-ring (bicyclic) bond motifs is 1. The molecule has 0 aliphatic heterocycles. The fourth-order valence-electron chi connectivity index (χ4n) is 1.94. The normalized spacial score (nSPS) is 12.3. The SMILES string of the molecule is C#CCC(O)c1ccc2oncc2c1C(=C)C. The first-order valence-corrected chi connectivity index (χ1v) is 5.30. The van der Waals surface area contributed by atoms with Gasteiger partial charge in [0.1, 0.15) is 0 Å². The number of aliphatic hydroxyl groups excluding tert-OH is 1. The molecule has 0 saturated carbocycles. The molecule has 3 nitrogen and oxygen atoms in total. The number of nitrogens with zero attached hydrogens (tertiary/aromatic N) is 1. The topological polar surface area (TPSA) is 46.3 Å². The number of hydrogen-bond acceptors (Lipinski definition) is 3. The Labute approximate surface area is 99.7 Å². The summed E-state index contributed by atoms with van der Waals surface area (Å²) >= 11 is 0. The molecule has 0 aliphatic rings. The third kappa shape index (κ3) is 1.95. The Morgan fingerprint density at radius 2 is 2.41 bits per heavy atom. The molecule has 1 heterocycles. The van der Waals surface area contributed by atoms with Crippen LogP contribution in [0.2, 0.25) is 0 Å². The summed E-state index contributed by atoms with van der Waals surface area (Å²) in [5.74, 6) is 2.46. The summed E-state index contributed by atoms with van der Waals surface area (Å²) in [6.45, 7) is 5.81. The van der Waals surface area contributed by atoms with Gasteiger partial charge in [-0.2, -0.15) is 0 Å². The van der Waals surface area contributed by atoms with Gasteiger partial charge in [-0.25, -0.2) is 0 Å². The summed E-state index contributed by atoms with van der Waals surface area (Å²) in [4.78, 5) is 0. The molecule has 0 aliphatic carbocycles. The minimum absolute atomic E-state index is 0.275. The molecular formula is C14H13NO2. The van der Waals surface area contributed by atoms with Gasteiger partial charge in [-0.05, 0) is 29.7 Å². The highest BCUT2D eigenvalue weighted by atomic mass is 16.5. The zero-order chi connectivity index (χ0) is 12.4. The monoisotopic (exact) mass is 227 g/mol. The average molecular weight is 227 g/mol. The van der Waals surface area contributed by atoms with E-state index in [1.807, 2.05) is 6.92 Å². The standard InChI is InChI=1S/C14H13NO2/c1-4-5-12(16)10-6-7-13-11(8-15-17-13)14(10)9(2)3/h1,6-8,12,16H,2,5H2,3H3. The molecular weight excluding hydrogens is 214 g/mol. The van der Waals surface area contributed by atoms with Gasteiger partial charge in [0.15, 0.2) is 5.58 Å². The van der Waals surface area contributed by atoms with Gasteiger partial charge in [0, 0.05) is 11.8 Å². The summed E-state index contributed by atoms with van der Waals surface area (Å²) < 4.78 is 5.09. The summed E-state index contributed by atoms with van der Waals surface area (Å²) in [5.41, 5.74) is 3.17. The molecule has 1 N–H and O–H groups in total. The second-order valence-electron chi connectivity index (χ2n) is 3.97. The third-order valence-corrected chi connectivity index (χ3v) is 2.67. The summed E-state index contributed by atoms with van der Waals surface area (Å²) in [7, 11) is 0. The molecule has 0 amide bonds. The lowest BCUT2D eigenvalue weighted by atomic mass is 9.93. The van der Waals surface area contributed by atoms with Crippen molar-refractivity contribution in [3.8, 4) is 12.3 Å². The zero-order valence-electron chi connectivity index (χ0n) is 9.60. The minimum Gasteiger partial charge on any atom is -0.387 e. The van der Waals surface area contributed by atoms with E-state index in [0.29, 0.717) is 5.58 Å². The Balaban J connectivity index is 2.66. The molecule has 0 spiro atoms. The molecule has 3 heteroatoms. The third-order valence-electron chi connectivity index (χ3n) is 2.67. The molecule has 17 heavy (non-hydrogen) atoms. The van der Waals surface area contributed by atoms with Gasteiger partial charge in [-0.3, -0.25) is 0 Å². The molecule has 2 rings (SSSR count). The smallest absolute Gasteiger partial charge is 0.167 e. The molecule has 86 valence electrons. The largest absolute Gasteiger partial charge is 0.387 e. The van der Waals surface area contributed by atoms with Crippen molar-refractivity contribution in [2.24, 2.45) is 0 Å². The maximum absolute atomic E-state index is 10.0. The van der Waals surface area contributed by atoms with Gasteiger partial charge < -0.3 is 9.63 Å². The second-order valence-corrected chi connectivity index (χ2v) is 3.97. The van der Waals surface area contributed by atoms with E-state index < -0.39 is 6.10 Å². The number of aliphatic hydroxyl groups is 1. The molecule has 2 aromatic rings. The first kappa shape index (κ1) is 11.4. The van der Waals surface area contributed by atoms with E-state index >= 15 is 0 Å². The Morgan fingerprint density at radius 3 is 3.06 bits per heavy atom. The van der Waals surface area contributed by atoms with Crippen molar-refractivity contribution in [2.75, 3.05) is 0 Å². The van der Waals surface area contributed by atoms with Crippen molar-refractivity contribution in [3.05, 3.63) is 36.0 Å². The molecule has 1 atom stereocenters. The highest BCUT2D eigenvalue weighted by molar-refractivity contribution is 5.91. The lowest BCUT2D eigenvalue weighted by Crippen LogP contribution is -2.00. The first-order chi connectivity index (χ1) is 8.15. The average Bonchev–Trinajstić information content (AvgIpc) is 2.75. The number of allylic oxidation sites excluding steroid dienone is 1. The van der Waals surface area contributed by atoms with Gasteiger partial charge in [0.2, 0.25) is 0 Å². The Hall–Kier alpha value is -2.05. The number of hydrogen-bond donors (Lipinski definition) is 1. The molecule has 0 fully saturated rings. The first-order valence-electron chi connectivity index (χ1n) is 5.30. The molecule has 1 aromatic carbocycles. The predicted molar refractivity (Wildman–Crippen MR) is 67.1 cm³/mol. The van der Waals surface area contributed by atoms with Crippen LogP contribution in [0.25, 0.3) is 16.5 Å². The molecule has 0 radical (unpaired) electrons. The minimum atomic E-state index is -0.689. The van der Waals surface area contributed by atoms with Crippen LogP contribution in [0.1, 0.15) is 30.6 Å². The second kappa shape index (κ2) is 4.44. The quantitative estimate of drug-likeness (QED) is 0.820. The molecule has 1 unspecified atom stereocenters. The number of benzene rings is 1.